The highest BCUT2D eigenvalue weighted by atomic mass is 32.2. The summed E-state index contributed by atoms with van der Waals surface area (Å²) in [4.78, 5) is 2.40. The maximum absolute atomic E-state index is 6.10. The topological polar surface area (TPSA) is 38.5 Å². The van der Waals surface area contributed by atoms with Crippen molar-refractivity contribution >= 4 is 11.8 Å². The van der Waals surface area contributed by atoms with Gasteiger partial charge in [-0.3, -0.25) is 0 Å². The second-order valence-electron chi connectivity index (χ2n) is 4.35. The van der Waals surface area contributed by atoms with E-state index in [0.29, 0.717) is 6.04 Å². The van der Waals surface area contributed by atoms with Gasteiger partial charge in [-0.2, -0.15) is 11.8 Å². The normalized spacial score (nSPS) is 15.4. The van der Waals surface area contributed by atoms with Crippen molar-refractivity contribution in [3.8, 4) is 0 Å². The number of rotatable bonds is 10. The molecule has 0 aliphatic heterocycles. The molecule has 16 heavy (non-hydrogen) atoms. The molecule has 2 unspecified atom stereocenters. The first-order valence-corrected chi connectivity index (χ1v) is 7.48. The second kappa shape index (κ2) is 10.4. The third kappa shape index (κ3) is 7.49. The maximum Gasteiger partial charge on any atom is 0.0462 e. The lowest BCUT2D eigenvalue weighted by molar-refractivity contribution is 0.183. The zero-order valence-corrected chi connectivity index (χ0v) is 12.1. The summed E-state index contributed by atoms with van der Waals surface area (Å²) in [7, 11) is 3.92. The minimum atomic E-state index is 0.274. The predicted octanol–water partition coefficient (Wildman–Crippen LogP) is 1.81. The molecule has 3 nitrogen and oxygen atoms in total. The van der Waals surface area contributed by atoms with E-state index < -0.39 is 0 Å². The SMILES string of the molecule is CCC(CSC)N(C)CC(N)CCCOC. The van der Waals surface area contributed by atoms with Crippen molar-refractivity contribution < 1.29 is 4.74 Å². The molecule has 0 radical (unpaired) electrons. The first kappa shape index (κ1) is 16.2. The van der Waals surface area contributed by atoms with Gasteiger partial charge in [0.1, 0.15) is 0 Å². The summed E-state index contributed by atoms with van der Waals surface area (Å²) in [5, 5.41) is 0. The standard InChI is InChI=1S/C12H28N2OS/c1-5-12(10-16-4)14(2)9-11(13)7-6-8-15-3/h11-12H,5-10,13H2,1-4H3. The van der Waals surface area contributed by atoms with E-state index in [2.05, 4.69) is 25.1 Å². The van der Waals surface area contributed by atoms with Gasteiger partial charge in [0.2, 0.25) is 0 Å². The third-order valence-electron chi connectivity index (χ3n) is 2.90. The summed E-state index contributed by atoms with van der Waals surface area (Å²) in [6.07, 6.45) is 5.47. The van der Waals surface area contributed by atoms with Gasteiger partial charge in [-0.05, 0) is 32.6 Å². The van der Waals surface area contributed by atoms with Crippen LogP contribution in [0, 0.1) is 0 Å². The highest BCUT2D eigenvalue weighted by Gasteiger charge is 2.14. The Balaban J connectivity index is 3.77. The summed E-state index contributed by atoms with van der Waals surface area (Å²) in [6, 6.07) is 0.930. The minimum Gasteiger partial charge on any atom is -0.385 e. The number of ether oxygens (including phenoxy) is 1. The van der Waals surface area contributed by atoms with E-state index in [1.54, 1.807) is 7.11 Å². The average Bonchev–Trinajstić information content (AvgIpc) is 2.26. The smallest absolute Gasteiger partial charge is 0.0462 e. The highest BCUT2D eigenvalue weighted by Crippen LogP contribution is 2.09. The number of thioether (sulfide) groups is 1. The number of likely N-dealkylation sites (N-methyl/N-ethyl adjacent to an activating group) is 1. The molecule has 0 rings (SSSR count). The Hall–Kier alpha value is 0.230. The van der Waals surface area contributed by atoms with Crippen LogP contribution in [0.25, 0.3) is 0 Å². The first-order chi connectivity index (χ1) is 7.65. The molecular weight excluding hydrogens is 220 g/mol. The summed E-state index contributed by atoms with van der Waals surface area (Å²) in [6.45, 7) is 4.05. The molecule has 0 amide bonds. The van der Waals surface area contributed by atoms with Crippen molar-refractivity contribution in [3.05, 3.63) is 0 Å². The number of hydrogen-bond acceptors (Lipinski definition) is 4. The van der Waals surface area contributed by atoms with Gasteiger partial charge in [0.15, 0.2) is 0 Å². The number of methoxy groups -OCH3 is 1. The van der Waals surface area contributed by atoms with Crippen LogP contribution in [0.2, 0.25) is 0 Å². The zero-order valence-electron chi connectivity index (χ0n) is 11.2. The predicted molar refractivity (Wildman–Crippen MR) is 74.2 cm³/mol. The molecule has 2 atom stereocenters. The molecule has 0 saturated heterocycles. The van der Waals surface area contributed by atoms with Gasteiger partial charge in [0, 0.05) is 38.1 Å². The molecule has 0 aromatic heterocycles. The summed E-state index contributed by atoms with van der Waals surface area (Å²) in [5.41, 5.74) is 6.10. The van der Waals surface area contributed by atoms with Crippen LogP contribution in [0.4, 0.5) is 0 Å². The quantitative estimate of drug-likeness (QED) is 0.599. The average molecular weight is 248 g/mol. The molecule has 0 fully saturated rings. The van der Waals surface area contributed by atoms with Crippen LogP contribution in [-0.2, 0) is 4.74 Å². The van der Waals surface area contributed by atoms with Crippen molar-refractivity contribution in [1.29, 1.82) is 0 Å². The van der Waals surface area contributed by atoms with E-state index in [9.17, 15) is 0 Å². The van der Waals surface area contributed by atoms with Crippen molar-refractivity contribution in [3.63, 3.8) is 0 Å². The van der Waals surface area contributed by atoms with Crippen LogP contribution < -0.4 is 5.73 Å². The molecular formula is C12H28N2OS. The van der Waals surface area contributed by atoms with Gasteiger partial charge >= 0.3 is 0 Å². The Morgan fingerprint density at radius 3 is 2.62 bits per heavy atom. The monoisotopic (exact) mass is 248 g/mol. The Morgan fingerprint density at radius 1 is 1.44 bits per heavy atom. The van der Waals surface area contributed by atoms with Crippen LogP contribution in [-0.4, -0.2) is 56.3 Å². The molecule has 0 aliphatic carbocycles. The maximum atomic E-state index is 6.10. The fraction of sp³-hybridized carbons (Fsp3) is 1.00. The van der Waals surface area contributed by atoms with E-state index in [4.69, 9.17) is 10.5 Å². The third-order valence-corrected chi connectivity index (χ3v) is 3.62. The van der Waals surface area contributed by atoms with Gasteiger partial charge in [-0.25, -0.2) is 0 Å². The Bertz CT molecular complexity index is 158. The van der Waals surface area contributed by atoms with Gasteiger partial charge in [0.05, 0.1) is 0 Å². The lowest BCUT2D eigenvalue weighted by Crippen LogP contribution is -2.42. The van der Waals surface area contributed by atoms with Gasteiger partial charge in [0.25, 0.3) is 0 Å². The van der Waals surface area contributed by atoms with E-state index in [1.807, 2.05) is 11.8 Å². The van der Waals surface area contributed by atoms with Crippen LogP contribution >= 0.6 is 11.8 Å². The molecule has 0 aromatic carbocycles. The van der Waals surface area contributed by atoms with Crippen molar-refractivity contribution in [1.82, 2.24) is 4.90 Å². The van der Waals surface area contributed by atoms with Crippen LogP contribution in [0.15, 0.2) is 0 Å². The van der Waals surface area contributed by atoms with Crippen molar-refractivity contribution in [2.75, 3.05) is 39.3 Å². The molecule has 0 bridgehead atoms. The minimum absolute atomic E-state index is 0.274. The molecule has 0 aromatic rings. The fourth-order valence-electron chi connectivity index (χ4n) is 1.85. The number of nitrogens with zero attached hydrogens (tertiary/aromatic N) is 1. The summed E-state index contributed by atoms with van der Waals surface area (Å²) < 4.78 is 5.03. The molecule has 0 spiro atoms. The second-order valence-corrected chi connectivity index (χ2v) is 5.26. The molecule has 0 aliphatic rings. The largest absolute Gasteiger partial charge is 0.385 e. The fourth-order valence-corrected chi connectivity index (χ4v) is 2.72. The molecule has 98 valence electrons. The Labute approximate surface area is 105 Å². The van der Waals surface area contributed by atoms with Crippen molar-refractivity contribution in [2.24, 2.45) is 5.73 Å². The van der Waals surface area contributed by atoms with Gasteiger partial charge in [-0.1, -0.05) is 6.92 Å². The Kier molecular flexibility index (Phi) is 10.5. The van der Waals surface area contributed by atoms with Crippen LogP contribution in [0.3, 0.4) is 0 Å². The van der Waals surface area contributed by atoms with E-state index in [1.165, 1.54) is 12.2 Å². The molecule has 4 heteroatoms. The first-order valence-electron chi connectivity index (χ1n) is 6.09. The number of hydrogen-bond donors (Lipinski definition) is 1. The summed E-state index contributed by atoms with van der Waals surface area (Å²) in [5.74, 6) is 1.19. The number of nitrogens with two attached hydrogens (primary N) is 1. The molecule has 0 saturated carbocycles. The van der Waals surface area contributed by atoms with E-state index in [0.717, 1.165) is 26.0 Å². The highest BCUT2D eigenvalue weighted by molar-refractivity contribution is 7.98. The van der Waals surface area contributed by atoms with Gasteiger partial charge in [-0.15, -0.1) is 0 Å². The van der Waals surface area contributed by atoms with Crippen LogP contribution in [0.1, 0.15) is 26.2 Å². The lowest BCUT2D eigenvalue weighted by Gasteiger charge is -2.29. The van der Waals surface area contributed by atoms with Gasteiger partial charge < -0.3 is 15.4 Å². The lowest BCUT2D eigenvalue weighted by atomic mass is 10.1. The summed E-state index contributed by atoms with van der Waals surface area (Å²) >= 11 is 1.91. The Morgan fingerprint density at radius 2 is 2.12 bits per heavy atom. The van der Waals surface area contributed by atoms with E-state index >= 15 is 0 Å². The van der Waals surface area contributed by atoms with Crippen LogP contribution in [0.5, 0.6) is 0 Å². The molecule has 2 N–H and O–H groups in total. The molecule has 0 heterocycles. The van der Waals surface area contributed by atoms with E-state index in [-0.39, 0.29) is 6.04 Å². The van der Waals surface area contributed by atoms with Crippen molar-refractivity contribution in [2.45, 2.75) is 38.3 Å². The zero-order chi connectivity index (χ0) is 12.4.